The van der Waals surface area contributed by atoms with E-state index in [1.165, 1.54) is 12.2 Å². The van der Waals surface area contributed by atoms with Crippen molar-refractivity contribution in [3.63, 3.8) is 0 Å². The second-order valence-electron chi connectivity index (χ2n) is 1.89. The molecule has 11 heavy (non-hydrogen) atoms. The zero-order valence-electron chi connectivity index (χ0n) is 6.20. The quantitative estimate of drug-likeness (QED) is 0.336. The van der Waals surface area contributed by atoms with Crippen molar-refractivity contribution in [3.8, 4) is 0 Å². The van der Waals surface area contributed by atoms with Gasteiger partial charge in [-0.1, -0.05) is 11.6 Å². The molecular formula is C7H8N2O2. The van der Waals surface area contributed by atoms with Gasteiger partial charge in [-0.25, -0.2) is 19.6 Å². The van der Waals surface area contributed by atoms with Gasteiger partial charge in [0.15, 0.2) is 0 Å². The summed E-state index contributed by atoms with van der Waals surface area (Å²) in [6.45, 7) is 2.41. The molecule has 0 aromatic rings. The van der Waals surface area contributed by atoms with E-state index in [9.17, 15) is 9.59 Å². The van der Waals surface area contributed by atoms with E-state index in [1.54, 1.807) is 13.0 Å². The molecule has 0 saturated carbocycles. The number of nitrogens with zero attached hydrogens (tertiary/aromatic N) is 2. The minimum absolute atomic E-state index is 0.295. The van der Waals surface area contributed by atoms with Crippen LogP contribution in [0.25, 0.3) is 0 Å². The van der Waals surface area contributed by atoms with Crippen molar-refractivity contribution in [1.29, 1.82) is 0 Å². The van der Waals surface area contributed by atoms with Gasteiger partial charge in [0.2, 0.25) is 12.2 Å². The van der Waals surface area contributed by atoms with Crippen molar-refractivity contribution in [2.24, 2.45) is 9.98 Å². The van der Waals surface area contributed by atoms with Gasteiger partial charge in [-0.15, -0.1) is 0 Å². The first-order valence-corrected chi connectivity index (χ1v) is 3.04. The Kier molecular flexibility index (Phi) is 5.72. The second kappa shape index (κ2) is 6.62. The summed E-state index contributed by atoms with van der Waals surface area (Å²) in [5.41, 5.74) is 0.882. The first-order chi connectivity index (χ1) is 5.31. The van der Waals surface area contributed by atoms with E-state index in [2.05, 4.69) is 9.98 Å². The van der Waals surface area contributed by atoms with Crippen LogP contribution in [-0.4, -0.2) is 25.2 Å². The molecule has 0 aliphatic rings. The molecule has 0 aromatic carbocycles. The average Bonchev–Trinajstić information content (AvgIpc) is 2.01. The van der Waals surface area contributed by atoms with Crippen LogP contribution in [0, 0.1) is 0 Å². The minimum atomic E-state index is 0.295. The maximum atomic E-state index is 9.63. The van der Waals surface area contributed by atoms with Crippen molar-refractivity contribution in [2.75, 3.05) is 13.1 Å². The highest BCUT2D eigenvalue weighted by molar-refractivity contribution is 5.34. The van der Waals surface area contributed by atoms with Gasteiger partial charge in [0.1, 0.15) is 0 Å². The fraction of sp³-hybridized carbons (Fsp3) is 0.429. The smallest absolute Gasteiger partial charge is 0.211 e. The molecule has 4 heteroatoms. The first-order valence-electron chi connectivity index (χ1n) is 3.04. The fourth-order valence-corrected chi connectivity index (χ4v) is 0.460. The summed E-state index contributed by atoms with van der Waals surface area (Å²) in [7, 11) is 0. The van der Waals surface area contributed by atoms with E-state index in [4.69, 9.17) is 0 Å². The summed E-state index contributed by atoms with van der Waals surface area (Å²) in [5, 5.41) is 0. The third-order valence-corrected chi connectivity index (χ3v) is 0.989. The van der Waals surface area contributed by atoms with E-state index >= 15 is 0 Å². The number of aliphatic imine (C=N–C) groups is 2. The lowest BCUT2D eigenvalue weighted by Crippen LogP contribution is -1.83. The Morgan fingerprint density at radius 3 is 2.55 bits per heavy atom. The molecule has 0 unspecified atom stereocenters. The summed E-state index contributed by atoms with van der Waals surface area (Å²) in [6, 6.07) is 0. The van der Waals surface area contributed by atoms with Gasteiger partial charge in [0, 0.05) is 0 Å². The first kappa shape index (κ1) is 9.50. The number of hydrogen-bond donors (Lipinski definition) is 0. The molecule has 0 atom stereocenters. The van der Waals surface area contributed by atoms with E-state index in [0.29, 0.717) is 13.1 Å². The minimum Gasteiger partial charge on any atom is -0.211 e. The molecular weight excluding hydrogens is 144 g/mol. The van der Waals surface area contributed by atoms with Crippen molar-refractivity contribution in [1.82, 2.24) is 0 Å². The maximum absolute atomic E-state index is 9.63. The van der Waals surface area contributed by atoms with E-state index in [-0.39, 0.29) is 0 Å². The van der Waals surface area contributed by atoms with Crippen LogP contribution in [0.1, 0.15) is 6.92 Å². The van der Waals surface area contributed by atoms with Gasteiger partial charge >= 0.3 is 0 Å². The lowest BCUT2D eigenvalue weighted by Gasteiger charge is -1.88. The van der Waals surface area contributed by atoms with Crippen LogP contribution in [-0.2, 0) is 9.59 Å². The molecule has 0 heterocycles. The van der Waals surface area contributed by atoms with Crippen LogP contribution in [0.15, 0.2) is 21.6 Å². The van der Waals surface area contributed by atoms with E-state index in [0.717, 1.165) is 5.57 Å². The lowest BCUT2D eigenvalue weighted by atomic mass is 10.3. The zero-order valence-corrected chi connectivity index (χ0v) is 6.20. The Labute approximate surface area is 64.4 Å². The van der Waals surface area contributed by atoms with Crippen LogP contribution in [0.4, 0.5) is 0 Å². The van der Waals surface area contributed by atoms with Crippen LogP contribution >= 0.6 is 0 Å². The Hall–Kier alpha value is -1.50. The fourth-order valence-electron chi connectivity index (χ4n) is 0.460. The average molecular weight is 152 g/mol. The normalized spacial score (nSPS) is 9.73. The predicted molar refractivity (Wildman–Crippen MR) is 39.7 cm³/mol. The molecule has 4 nitrogen and oxygen atoms in total. The standard InChI is InChI=1S/C7H8N2O2/c1-7(4-9-6-11)2-3-8-5-10/h2H,3-4H2,1H3. The van der Waals surface area contributed by atoms with Crippen LogP contribution in [0.2, 0.25) is 0 Å². The predicted octanol–water partition coefficient (Wildman–Crippen LogP) is 0.604. The van der Waals surface area contributed by atoms with Crippen LogP contribution in [0.5, 0.6) is 0 Å². The summed E-state index contributed by atoms with van der Waals surface area (Å²) >= 11 is 0. The summed E-state index contributed by atoms with van der Waals surface area (Å²) < 4.78 is 0. The number of hydrogen-bond acceptors (Lipinski definition) is 4. The van der Waals surface area contributed by atoms with Gasteiger partial charge < -0.3 is 0 Å². The highest BCUT2D eigenvalue weighted by atomic mass is 16.1. The molecule has 58 valence electrons. The molecule has 0 aromatic heterocycles. The molecule has 0 bridgehead atoms. The Morgan fingerprint density at radius 1 is 1.36 bits per heavy atom. The van der Waals surface area contributed by atoms with Gasteiger partial charge in [-0.3, -0.25) is 0 Å². The zero-order chi connectivity index (χ0) is 8.53. The van der Waals surface area contributed by atoms with Crippen molar-refractivity contribution in [2.45, 2.75) is 6.92 Å². The van der Waals surface area contributed by atoms with Gasteiger partial charge in [0.05, 0.1) is 13.1 Å². The third kappa shape index (κ3) is 6.38. The topological polar surface area (TPSA) is 58.9 Å². The molecule has 0 rings (SSSR count). The summed E-state index contributed by atoms with van der Waals surface area (Å²) in [5.74, 6) is 0. The van der Waals surface area contributed by atoms with E-state index in [1.807, 2.05) is 0 Å². The highest BCUT2D eigenvalue weighted by Crippen LogP contribution is 1.91. The van der Waals surface area contributed by atoms with Gasteiger partial charge in [-0.05, 0) is 6.92 Å². The monoisotopic (exact) mass is 152 g/mol. The highest BCUT2D eigenvalue weighted by Gasteiger charge is 1.84. The Bertz CT molecular complexity index is 233. The lowest BCUT2D eigenvalue weighted by molar-refractivity contribution is 0.562. The molecule has 0 amide bonds. The van der Waals surface area contributed by atoms with Crippen molar-refractivity contribution >= 4 is 12.2 Å². The van der Waals surface area contributed by atoms with Gasteiger partial charge in [0.25, 0.3) is 0 Å². The van der Waals surface area contributed by atoms with E-state index < -0.39 is 0 Å². The van der Waals surface area contributed by atoms with Crippen LogP contribution in [0.3, 0.4) is 0 Å². The molecule has 0 aliphatic carbocycles. The molecule has 0 saturated heterocycles. The number of isocyanates is 2. The molecule has 0 spiro atoms. The Balaban J connectivity index is 3.79. The number of rotatable bonds is 4. The van der Waals surface area contributed by atoms with Crippen LogP contribution < -0.4 is 0 Å². The summed E-state index contributed by atoms with van der Waals surface area (Å²) in [4.78, 5) is 25.9. The van der Waals surface area contributed by atoms with Crippen molar-refractivity contribution in [3.05, 3.63) is 11.6 Å². The Morgan fingerprint density at radius 2 is 2.00 bits per heavy atom. The van der Waals surface area contributed by atoms with Gasteiger partial charge in [-0.2, -0.15) is 0 Å². The third-order valence-electron chi connectivity index (χ3n) is 0.989. The molecule has 0 radical (unpaired) electrons. The summed E-state index contributed by atoms with van der Waals surface area (Å²) in [6.07, 6.45) is 4.52. The largest absolute Gasteiger partial charge is 0.235 e. The SMILES string of the molecule is CC(=CCN=C=O)CN=C=O. The molecule has 0 aliphatic heterocycles. The number of carbonyl (C=O) groups excluding carboxylic acids is 2. The maximum Gasteiger partial charge on any atom is 0.235 e. The molecule has 0 fully saturated rings. The second-order valence-corrected chi connectivity index (χ2v) is 1.89. The van der Waals surface area contributed by atoms with Crippen molar-refractivity contribution < 1.29 is 9.59 Å². The molecule has 0 N–H and O–H groups in total.